The van der Waals surface area contributed by atoms with Gasteiger partial charge in [-0.15, -0.1) is 0 Å². The Balaban J connectivity index is 2.55. The molecule has 2 rings (SSSR count). The van der Waals surface area contributed by atoms with Gasteiger partial charge in [0.15, 0.2) is 0 Å². The lowest BCUT2D eigenvalue weighted by molar-refractivity contribution is 0.412. The lowest BCUT2D eigenvalue weighted by Crippen LogP contribution is -2.25. The summed E-state index contributed by atoms with van der Waals surface area (Å²) in [6, 6.07) is 7.62. The second-order valence-corrected chi connectivity index (χ2v) is 5.33. The van der Waals surface area contributed by atoms with E-state index in [4.69, 9.17) is 4.74 Å². The van der Waals surface area contributed by atoms with Crippen molar-refractivity contribution in [1.82, 2.24) is 4.57 Å². The van der Waals surface area contributed by atoms with Crippen molar-refractivity contribution in [3.63, 3.8) is 0 Å². The largest absolute Gasteiger partial charge is 0.495 e. The van der Waals surface area contributed by atoms with E-state index in [-0.39, 0.29) is 12.1 Å². The number of rotatable bonds is 8. The SMILES string of the molecule is CCCCCCn1c(=O)c(CN=O)c(OC)c2ccccc21. The van der Waals surface area contributed by atoms with Gasteiger partial charge in [0.25, 0.3) is 5.56 Å². The Kier molecular flexibility index (Phi) is 5.69. The van der Waals surface area contributed by atoms with E-state index < -0.39 is 0 Å². The summed E-state index contributed by atoms with van der Waals surface area (Å²) >= 11 is 0. The van der Waals surface area contributed by atoms with Gasteiger partial charge >= 0.3 is 0 Å². The maximum Gasteiger partial charge on any atom is 0.260 e. The molecule has 0 atom stereocenters. The summed E-state index contributed by atoms with van der Waals surface area (Å²) in [6.07, 6.45) is 4.34. The first-order valence-electron chi connectivity index (χ1n) is 7.72. The Labute approximate surface area is 129 Å². The van der Waals surface area contributed by atoms with Crippen molar-refractivity contribution in [2.45, 2.75) is 45.7 Å². The fraction of sp³-hybridized carbons (Fsp3) is 0.471. The second-order valence-electron chi connectivity index (χ2n) is 5.33. The van der Waals surface area contributed by atoms with E-state index in [2.05, 4.69) is 12.1 Å². The third kappa shape index (κ3) is 3.18. The number of nitroso groups, excluding NO2 is 1. The molecule has 0 spiro atoms. The summed E-state index contributed by atoms with van der Waals surface area (Å²) in [5.41, 5.74) is 1.01. The number of benzene rings is 1. The van der Waals surface area contributed by atoms with Gasteiger partial charge in [-0.3, -0.25) is 4.79 Å². The molecule has 0 aliphatic heterocycles. The predicted octanol–water partition coefficient (Wildman–Crippen LogP) is 3.86. The third-order valence-corrected chi connectivity index (χ3v) is 3.88. The van der Waals surface area contributed by atoms with Crippen molar-refractivity contribution in [2.75, 3.05) is 7.11 Å². The minimum absolute atomic E-state index is 0.165. The molecule has 5 heteroatoms. The number of unbranched alkanes of at least 4 members (excludes halogenated alkanes) is 3. The average Bonchev–Trinajstić information content (AvgIpc) is 2.54. The van der Waals surface area contributed by atoms with Crippen LogP contribution < -0.4 is 10.3 Å². The maximum absolute atomic E-state index is 12.7. The van der Waals surface area contributed by atoms with Crippen molar-refractivity contribution in [3.8, 4) is 5.75 Å². The van der Waals surface area contributed by atoms with Crippen LogP contribution in [0.3, 0.4) is 0 Å². The van der Waals surface area contributed by atoms with Gasteiger partial charge in [0, 0.05) is 11.9 Å². The highest BCUT2D eigenvalue weighted by atomic mass is 16.5. The molecule has 2 aromatic rings. The highest BCUT2D eigenvalue weighted by Crippen LogP contribution is 2.28. The molecule has 0 amide bonds. The van der Waals surface area contributed by atoms with Crippen LogP contribution >= 0.6 is 0 Å². The number of pyridine rings is 1. The Morgan fingerprint density at radius 2 is 1.95 bits per heavy atom. The fourth-order valence-corrected chi connectivity index (χ4v) is 2.79. The number of hydrogen-bond donors (Lipinski definition) is 0. The van der Waals surface area contributed by atoms with Gasteiger partial charge in [0.2, 0.25) is 0 Å². The van der Waals surface area contributed by atoms with Gasteiger partial charge in [0.05, 0.1) is 18.2 Å². The van der Waals surface area contributed by atoms with E-state index in [0.29, 0.717) is 17.9 Å². The topological polar surface area (TPSA) is 60.7 Å². The van der Waals surface area contributed by atoms with E-state index >= 15 is 0 Å². The first-order valence-corrected chi connectivity index (χ1v) is 7.72. The quantitative estimate of drug-likeness (QED) is 0.549. The van der Waals surface area contributed by atoms with Crippen molar-refractivity contribution >= 4 is 10.9 Å². The van der Waals surface area contributed by atoms with Crippen LogP contribution in [0.25, 0.3) is 10.9 Å². The molecule has 5 nitrogen and oxygen atoms in total. The van der Waals surface area contributed by atoms with Crippen LogP contribution in [0.15, 0.2) is 34.2 Å². The number of fused-ring (bicyclic) bond motifs is 1. The van der Waals surface area contributed by atoms with E-state index in [0.717, 1.165) is 36.6 Å². The van der Waals surface area contributed by atoms with E-state index in [1.165, 1.54) is 7.11 Å². The minimum Gasteiger partial charge on any atom is -0.495 e. The van der Waals surface area contributed by atoms with Gasteiger partial charge in [-0.1, -0.05) is 43.5 Å². The normalized spacial score (nSPS) is 10.8. The molecule has 22 heavy (non-hydrogen) atoms. The van der Waals surface area contributed by atoms with Gasteiger partial charge in [-0.25, -0.2) is 0 Å². The Hall–Kier alpha value is -2.17. The second kappa shape index (κ2) is 7.73. The monoisotopic (exact) mass is 302 g/mol. The highest BCUT2D eigenvalue weighted by molar-refractivity contribution is 5.86. The summed E-state index contributed by atoms with van der Waals surface area (Å²) in [4.78, 5) is 23.4. The van der Waals surface area contributed by atoms with Crippen molar-refractivity contribution in [3.05, 3.63) is 45.1 Å². The summed E-state index contributed by atoms with van der Waals surface area (Å²) < 4.78 is 7.12. The number of aromatic nitrogens is 1. The summed E-state index contributed by atoms with van der Waals surface area (Å²) in [6.45, 7) is 2.64. The molecule has 0 bridgehead atoms. The molecular weight excluding hydrogens is 280 g/mol. The molecule has 1 aromatic heterocycles. The van der Waals surface area contributed by atoms with Crippen LogP contribution in [0.5, 0.6) is 5.75 Å². The number of aryl methyl sites for hydroxylation is 1. The molecule has 118 valence electrons. The number of hydrogen-bond acceptors (Lipinski definition) is 4. The zero-order valence-electron chi connectivity index (χ0n) is 13.2. The van der Waals surface area contributed by atoms with Crippen LogP contribution in [-0.2, 0) is 13.1 Å². The van der Waals surface area contributed by atoms with Crippen LogP contribution in [0, 0.1) is 4.91 Å². The van der Waals surface area contributed by atoms with Gasteiger partial charge < -0.3 is 9.30 Å². The fourth-order valence-electron chi connectivity index (χ4n) is 2.79. The smallest absolute Gasteiger partial charge is 0.260 e. The number of ether oxygens (including phenoxy) is 1. The van der Waals surface area contributed by atoms with Crippen LogP contribution in [0.4, 0.5) is 0 Å². The van der Waals surface area contributed by atoms with Crippen molar-refractivity contribution in [2.24, 2.45) is 5.18 Å². The molecule has 0 fully saturated rings. The molecule has 0 saturated heterocycles. The van der Waals surface area contributed by atoms with Crippen molar-refractivity contribution < 1.29 is 4.74 Å². The van der Waals surface area contributed by atoms with Crippen LogP contribution in [0.1, 0.15) is 38.2 Å². The minimum atomic E-state index is -0.174. The van der Waals surface area contributed by atoms with Gasteiger partial charge in [-0.2, -0.15) is 4.91 Å². The van der Waals surface area contributed by atoms with E-state index in [1.54, 1.807) is 4.57 Å². The highest BCUT2D eigenvalue weighted by Gasteiger charge is 2.17. The summed E-state index contributed by atoms with van der Waals surface area (Å²) in [5.74, 6) is 0.463. The van der Waals surface area contributed by atoms with Gasteiger partial charge in [0.1, 0.15) is 12.3 Å². The zero-order valence-corrected chi connectivity index (χ0v) is 13.2. The lowest BCUT2D eigenvalue weighted by Gasteiger charge is -2.16. The average molecular weight is 302 g/mol. The Bertz CT molecular complexity index is 707. The first kappa shape index (κ1) is 16.2. The lowest BCUT2D eigenvalue weighted by atomic mass is 10.1. The molecule has 0 saturated carbocycles. The summed E-state index contributed by atoms with van der Waals surface area (Å²) in [7, 11) is 1.51. The van der Waals surface area contributed by atoms with Crippen LogP contribution in [-0.4, -0.2) is 11.7 Å². The predicted molar refractivity (Wildman–Crippen MR) is 88.4 cm³/mol. The van der Waals surface area contributed by atoms with Crippen molar-refractivity contribution in [1.29, 1.82) is 0 Å². The first-order chi connectivity index (χ1) is 10.7. The molecule has 0 aliphatic carbocycles. The Morgan fingerprint density at radius 3 is 2.64 bits per heavy atom. The summed E-state index contributed by atoms with van der Waals surface area (Å²) in [5, 5.41) is 3.74. The molecule has 0 N–H and O–H groups in total. The van der Waals surface area contributed by atoms with E-state index in [1.807, 2.05) is 24.3 Å². The molecule has 0 aliphatic rings. The molecular formula is C17H22N2O3. The number of nitrogens with zero attached hydrogens (tertiary/aromatic N) is 2. The number of para-hydroxylation sites is 1. The molecule has 0 unspecified atom stereocenters. The standard InChI is InChI=1S/C17H22N2O3/c1-3-4-5-8-11-19-15-10-7-6-9-13(15)16(22-2)14(12-18-21)17(19)20/h6-7,9-10H,3-5,8,11-12H2,1-2H3. The molecule has 0 radical (unpaired) electrons. The molecule has 1 aromatic carbocycles. The Morgan fingerprint density at radius 1 is 1.18 bits per heavy atom. The van der Waals surface area contributed by atoms with Gasteiger partial charge in [-0.05, 0) is 18.6 Å². The van der Waals surface area contributed by atoms with Crippen LogP contribution in [0.2, 0.25) is 0 Å². The molecule has 1 heterocycles. The number of methoxy groups -OCH3 is 1. The zero-order chi connectivity index (χ0) is 15.9. The third-order valence-electron chi connectivity index (χ3n) is 3.88. The maximum atomic E-state index is 12.7. The van der Waals surface area contributed by atoms with E-state index in [9.17, 15) is 9.70 Å².